The molecule has 0 amide bonds. The fraction of sp³-hybridized carbons (Fsp3) is 0.231. The predicted octanol–water partition coefficient (Wildman–Crippen LogP) is 5.91. The van der Waals surface area contributed by atoms with Crippen LogP contribution in [0.15, 0.2) is 59.9 Å². The monoisotopic (exact) mass is 517 g/mol. The van der Waals surface area contributed by atoms with Gasteiger partial charge in [0.05, 0.1) is 18.5 Å². The molecule has 0 spiro atoms. The number of aromatic amines is 1. The van der Waals surface area contributed by atoms with E-state index < -0.39 is 42.7 Å². The van der Waals surface area contributed by atoms with E-state index in [9.17, 15) is 22.0 Å². The summed E-state index contributed by atoms with van der Waals surface area (Å²) in [5.41, 5.74) is -0.410. The summed E-state index contributed by atoms with van der Waals surface area (Å²) in [6.45, 7) is -1.46. The van der Waals surface area contributed by atoms with Crippen LogP contribution in [0.1, 0.15) is 17.6 Å². The maximum Gasteiger partial charge on any atom is 0.263 e. The van der Waals surface area contributed by atoms with Crippen molar-refractivity contribution in [2.75, 3.05) is 19.8 Å². The van der Waals surface area contributed by atoms with E-state index in [1.54, 1.807) is 6.20 Å². The van der Waals surface area contributed by atoms with Crippen LogP contribution in [0.4, 0.5) is 22.0 Å². The van der Waals surface area contributed by atoms with Gasteiger partial charge in [-0.3, -0.25) is 4.99 Å². The number of aliphatic imine (C=N–C) groups is 1. The number of rotatable bonds is 7. The highest BCUT2D eigenvalue weighted by Gasteiger charge is 2.34. The van der Waals surface area contributed by atoms with E-state index in [0.29, 0.717) is 22.2 Å². The SMILES string of the molecule is OCC1(F)CN=C(Cc2cc(F)c(Oc3ccnc4[nH]cc(-c5ccc(C(F)F)cc5)c34)c(F)c2)OC1. The Morgan fingerprint density at radius 2 is 1.84 bits per heavy atom. The van der Waals surface area contributed by atoms with Crippen molar-refractivity contribution in [3.63, 3.8) is 0 Å². The van der Waals surface area contributed by atoms with Crippen LogP contribution in [-0.2, 0) is 11.2 Å². The van der Waals surface area contributed by atoms with Crippen molar-refractivity contribution >= 4 is 16.9 Å². The highest BCUT2D eigenvalue weighted by molar-refractivity contribution is 5.98. The molecular weight excluding hydrogens is 497 g/mol. The summed E-state index contributed by atoms with van der Waals surface area (Å²) in [6.07, 6.45) is 0.316. The molecule has 37 heavy (non-hydrogen) atoms. The number of pyridine rings is 1. The number of nitrogens with zero attached hydrogens (tertiary/aromatic N) is 2. The number of hydrogen-bond acceptors (Lipinski definition) is 5. The van der Waals surface area contributed by atoms with Crippen molar-refractivity contribution in [3.8, 4) is 22.6 Å². The minimum Gasteiger partial charge on any atom is -0.477 e. The Kier molecular flexibility index (Phi) is 6.55. The number of alkyl halides is 3. The largest absolute Gasteiger partial charge is 0.477 e. The normalized spacial score (nSPS) is 17.6. The van der Waals surface area contributed by atoms with Gasteiger partial charge >= 0.3 is 0 Å². The molecule has 0 fully saturated rings. The second-order valence-electron chi connectivity index (χ2n) is 8.63. The number of ether oxygens (including phenoxy) is 2. The first kappa shape index (κ1) is 24.7. The second-order valence-corrected chi connectivity index (χ2v) is 8.63. The lowest BCUT2D eigenvalue weighted by Crippen LogP contribution is -2.42. The summed E-state index contributed by atoms with van der Waals surface area (Å²) in [5, 5.41) is 9.46. The molecule has 1 atom stereocenters. The lowest BCUT2D eigenvalue weighted by molar-refractivity contribution is 0.0171. The third-order valence-electron chi connectivity index (χ3n) is 5.95. The molecule has 1 aliphatic rings. The molecular formula is C26H20F5N3O3. The van der Waals surface area contributed by atoms with Crippen molar-refractivity contribution in [1.29, 1.82) is 0 Å². The van der Waals surface area contributed by atoms with Crippen LogP contribution < -0.4 is 4.74 Å². The molecule has 2 aromatic heterocycles. The van der Waals surface area contributed by atoms with Gasteiger partial charge in [-0.2, -0.15) is 0 Å². The molecule has 0 radical (unpaired) electrons. The van der Waals surface area contributed by atoms with Crippen LogP contribution in [0.2, 0.25) is 0 Å². The topological polar surface area (TPSA) is 79.7 Å². The van der Waals surface area contributed by atoms with E-state index in [1.165, 1.54) is 36.5 Å². The first-order valence-corrected chi connectivity index (χ1v) is 11.2. The molecule has 192 valence electrons. The van der Waals surface area contributed by atoms with Crippen LogP contribution in [0.5, 0.6) is 11.5 Å². The molecule has 2 aromatic carbocycles. The van der Waals surface area contributed by atoms with Gasteiger partial charge in [0.15, 0.2) is 29.0 Å². The van der Waals surface area contributed by atoms with Crippen LogP contribution in [0.3, 0.4) is 0 Å². The predicted molar refractivity (Wildman–Crippen MR) is 126 cm³/mol. The summed E-state index contributed by atoms with van der Waals surface area (Å²) in [6, 6.07) is 9.19. The molecule has 2 N–H and O–H groups in total. The molecule has 11 heteroatoms. The first-order valence-electron chi connectivity index (χ1n) is 11.2. The summed E-state index contributed by atoms with van der Waals surface area (Å²) in [7, 11) is 0. The van der Waals surface area contributed by atoms with Crippen molar-refractivity contribution in [3.05, 3.63) is 77.6 Å². The first-order chi connectivity index (χ1) is 17.8. The number of nitrogens with one attached hydrogen (secondary N) is 1. The fourth-order valence-electron chi connectivity index (χ4n) is 3.98. The molecule has 3 heterocycles. The van der Waals surface area contributed by atoms with Gasteiger partial charge in [0.25, 0.3) is 6.43 Å². The maximum absolute atomic E-state index is 15.0. The summed E-state index contributed by atoms with van der Waals surface area (Å²) >= 11 is 0. The molecule has 4 aromatic rings. The van der Waals surface area contributed by atoms with E-state index >= 15 is 0 Å². The Bertz CT molecular complexity index is 1450. The molecule has 0 bridgehead atoms. The number of aliphatic hydroxyl groups is 1. The highest BCUT2D eigenvalue weighted by Crippen LogP contribution is 2.38. The average molecular weight is 517 g/mol. The van der Waals surface area contributed by atoms with E-state index in [4.69, 9.17) is 14.6 Å². The number of H-pyrrole nitrogens is 1. The van der Waals surface area contributed by atoms with Crippen molar-refractivity contribution in [2.45, 2.75) is 18.5 Å². The third-order valence-corrected chi connectivity index (χ3v) is 5.95. The van der Waals surface area contributed by atoms with Crippen molar-refractivity contribution in [1.82, 2.24) is 9.97 Å². The summed E-state index contributed by atoms with van der Waals surface area (Å²) < 4.78 is 80.7. The lowest BCUT2D eigenvalue weighted by atomic mass is 10.0. The highest BCUT2D eigenvalue weighted by atomic mass is 19.3. The Morgan fingerprint density at radius 1 is 1.11 bits per heavy atom. The number of halogens is 5. The Labute approximate surface area is 207 Å². The van der Waals surface area contributed by atoms with Gasteiger partial charge in [0.2, 0.25) is 0 Å². The molecule has 1 unspecified atom stereocenters. The van der Waals surface area contributed by atoms with Gasteiger partial charge in [-0.25, -0.2) is 26.9 Å². The van der Waals surface area contributed by atoms with E-state index in [1.807, 2.05) is 0 Å². The fourth-order valence-corrected chi connectivity index (χ4v) is 3.98. The Balaban J connectivity index is 1.43. The number of benzene rings is 2. The van der Waals surface area contributed by atoms with Crippen molar-refractivity contribution < 1.29 is 36.5 Å². The Morgan fingerprint density at radius 3 is 2.46 bits per heavy atom. The van der Waals surface area contributed by atoms with Gasteiger partial charge in [0, 0.05) is 29.9 Å². The number of aromatic nitrogens is 2. The number of fused-ring (bicyclic) bond motifs is 1. The maximum atomic E-state index is 15.0. The molecule has 0 saturated carbocycles. The van der Waals surface area contributed by atoms with Crippen LogP contribution >= 0.6 is 0 Å². The van der Waals surface area contributed by atoms with Crippen LogP contribution in [0, 0.1) is 11.6 Å². The smallest absolute Gasteiger partial charge is 0.263 e. The third kappa shape index (κ3) is 4.99. The molecule has 1 aliphatic heterocycles. The van der Waals surface area contributed by atoms with Gasteiger partial charge in [-0.1, -0.05) is 24.3 Å². The van der Waals surface area contributed by atoms with Gasteiger partial charge in [-0.05, 0) is 29.3 Å². The zero-order valence-corrected chi connectivity index (χ0v) is 19.1. The van der Waals surface area contributed by atoms with Gasteiger partial charge in [-0.15, -0.1) is 0 Å². The van der Waals surface area contributed by atoms with E-state index in [-0.39, 0.29) is 35.7 Å². The van der Waals surface area contributed by atoms with E-state index in [2.05, 4.69) is 15.0 Å². The van der Waals surface area contributed by atoms with Gasteiger partial charge in [0.1, 0.15) is 18.0 Å². The molecule has 0 aliphatic carbocycles. The van der Waals surface area contributed by atoms with Crippen LogP contribution in [-0.4, -0.2) is 46.4 Å². The number of hydrogen-bond donors (Lipinski definition) is 2. The van der Waals surface area contributed by atoms with E-state index in [0.717, 1.165) is 12.1 Å². The van der Waals surface area contributed by atoms with Crippen molar-refractivity contribution in [2.24, 2.45) is 4.99 Å². The minimum absolute atomic E-state index is 0.0777. The zero-order chi connectivity index (χ0) is 26.2. The molecule has 6 nitrogen and oxygen atoms in total. The summed E-state index contributed by atoms with van der Waals surface area (Å²) in [4.78, 5) is 11.1. The molecule has 5 rings (SSSR count). The van der Waals surface area contributed by atoms with Crippen LogP contribution in [0.25, 0.3) is 22.2 Å². The minimum atomic E-state index is -2.61. The van der Waals surface area contributed by atoms with Gasteiger partial charge < -0.3 is 19.6 Å². The summed E-state index contributed by atoms with van der Waals surface area (Å²) in [5.74, 6) is -2.41. The average Bonchev–Trinajstić information content (AvgIpc) is 3.33. The lowest BCUT2D eigenvalue weighted by Gasteiger charge is -2.26. The number of aliphatic hydroxyl groups excluding tert-OH is 1. The molecule has 0 saturated heterocycles. The Hall–Kier alpha value is -3.99. The second kappa shape index (κ2) is 9.81. The zero-order valence-electron chi connectivity index (χ0n) is 19.1. The quantitative estimate of drug-likeness (QED) is 0.299. The standard InChI is InChI=1S/C26H20F5N3O3/c27-18-7-14(9-21-34-11-26(31,12-35)13-36-21)8-19(28)23(18)37-20-5-6-32-25-22(20)17(10-33-25)15-1-3-16(4-2-15)24(29)30/h1-8,10,24,35H,9,11-13H2,(H,32,33).